The molecule has 5 heteroatoms. The van der Waals surface area contributed by atoms with Crippen molar-refractivity contribution in [1.29, 1.82) is 0 Å². The maximum absolute atomic E-state index is 4.73. The summed E-state index contributed by atoms with van der Waals surface area (Å²) in [5, 5.41) is 3.28. The summed E-state index contributed by atoms with van der Waals surface area (Å²) in [7, 11) is 0. The molecule has 2 aromatic rings. The summed E-state index contributed by atoms with van der Waals surface area (Å²) in [6.45, 7) is 12.8. The summed E-state index contributed by atoms with van der Waals surface area (Å²) < 4.78 is 0. The Kier molecular flexibility index (Phi) is 6.22. The van der Waals surface area contributed by atoms with Crippen molar-refractivity contribution >= 4 is 23.1 Å². The number of nitrogens with one attached hydrogen (secondary N) is 1. The van der Waals surface area contributed by atoms with E-state index in [1.54, 1.807) is 0 Å². The molecule has 1 N–H and O–H groups in total. The Morgan fingerprint density at radius 3 is 2.68 bits per heavy atom. The Bertz CT molecular complexity index is 915. The number of fused-ring (bicyclic) bond motifs is 1. The Labute approximate surface area is 169 Å². The molecule has 2 heterocycles. The highest BCUT2D eigenvalue weighted by atomic mass is 15.1. The first kappa shape index (κ1) is 20.2. The van der Waals surface area contributed by atoms with Crippen LogP contribution in [0.2, 0.25) is 0 Å². The standard InChI is InChI=1S/C23H31N5.H2/c1-7-16(6)27-22-17(10-14(2)3)11-18(12-24-22)19-8-9-21-20(19)13-25-23(28-21)26-15(4)5;/h8,11-15H,7,9-10H2,1-6H3,(H,25,26,28);1H/b27-16-;. The van der Waals surface area contributed by atoms with E-state index in [0.29, 0.717) is 17.9 Å². The van der Waals surface area contributed by atoms with Crippen LogP contribution in [0.3, 0.4) is 0 Å². The third-order valence-electron chi connectivity index (χ3n) is 4.77. The molecule has 0 radical (unpaired) electrons. The fraction of sp³-hybridized carbons (Fsp3) is 0.478. The zero-order valence-corrected chi connectivity index (χ0v) is 17.9. The minimum absolute atomic E-state index is 0. The minimum Gasteiger partial charge on any atom is -0.352 e. The van der Waals surface area contributed by atoms with Crippen LogP contribution in [0.4, 0.5) is 11.8 Å². The molecule has 0 bridgehead atoms. The van der Waals surface area contributed by atoms with E-state index in [1.165, 1.54) is 11.1 Å². The molecule has 0 aromatic carbocycles. The number of aliphatic imine (C=N–C) groups is 1. The summed E-state index contributed by atoms with van der Waals surface area (Å²) in [6, 6.07) is 2.56. The van der Waals surface area contributed by atoms with E-state index in [2.05, 4.69) is 64.0 Å². The monoisotopic (exact) mass is 379 g/mol. The van der Waals surface area contributed by atoms with Crippen LogP contribution in [0.5, 0.6) is 0 Å². The van der Waals surface area contributed by atoms with Gasteiger partial charge in [-0.1, -0.05) is 26.8 Å². The quantitative estimate of drug-likeness (QED) is 0.634. The zero-order valence-electron chi connectivity index (χ0n) is 17.9. The molecular weight excluding hydrogens is 346 g/mol. The molecule has 5 nitrogen and oxygen atoms in total. The molecule has 0 atom stereocenters. The highest BCUT2D eigenvalue weighted by Crippen LogP contribution is 2.33. The Hall–Kier alpha value is -2.56. The molecule has 2 aromatic heterocycles. The average molecular weight is 380 g/mol. The summed E-state index contributed by atoms with van der Waals surface area (Å²) in [4.78, 5) is 18.6. The van der Waals surface area contributed by atoms with E-state index in [0.717, 1.165) is 47.6 Å². The molecule has 3 rings (SSSR count). The van der Waals surface area contributed by atoms with Gasteiger partial charge in [0, 0.05) is 43.1 Å². The predicted octanol–water partition coefficient (Wildman–Crippen LogP) is 5.63. The van der Waals surface area contributed by atoms with Crippen molar-refractivity contribution in [3.05, 3.63) is 46.9 Å². The molecule has 28 heavy (non-hydrogen) atoms. The van der Waals surface area contributed by atoms with Crippen LogP contribution >= 0.6 is 0 Å². The number of hydrogen-bond donors (Lipinski definition) is 1. The van der Waals surface area contributed by atoms with Crippen LogP contribution in [-0.4, -0.2) is 26.7 Å². The van der Waals surface area contributed by atoms with Crippen molar-refractivity contribution < 1.29 is 1.43 Å². The summed E-state index contributed by atoms with van der Waals surface area (Å²) in [5.41, 5.74) is 6.78. The first-order chi connectivity index (χ1) is 13.4. The van der Waals surface area contributed by atoms with Gasteiger partial charge in [0.25, 0.3) is 0 Å². The number of nitrogens with zero attached hydrogens (tertiary/aromatic N) is 4. The van der Waals surface area contributed by atoms with Crippen LogP contribution in [0, 0.1) is 5.92 Å². The molecule has 1 aliphatic rings. The first-order valence-corrected chi connectivity index (χ1v) is 10.2. The van der Waals surface area contributed by atoms with E-state index < -0.39 is 0 Å². The van der Waals surface area contributed by atoms with Gasteiger partial charge in [0.2, 0.25) is 5.95 Å². The van der Waals surface area contributed by atoms with Gasteiger partial charge in [0.1, 0.15) is 0 Å². The van der Waals surface area contributed by atoms with Gasteiger partial charge in [-0.15, -0.1) is 0 Å². The lowest BCUT2D eigenvalue weighted by molar-refractivity contribution is 0.646. The molecule has 0 saturated carbocycles. The van der Waals surface area contributed by atoms with Crippen molar-refractivity contribution in [3.63, 3.8) is 0 Å². The Morgan fingerprint density at radius 1 is 1.21 bits per heavy atom. The molecule has 0 aliphatic heterocycles. The topological polar surface area (TPSA) is 63.1 Å². The minimum atomic E-state index is 0. The van der Waals surface area contributed by atoms with Gasteiger partial charge in [-0.3, -0.25) is 0 Å². The van der Waals surface area contributed by atoms with Crippen molar-refractivity contribution in [2.24, 2.45) is 10.9 Å². The number of aromatic nitrogens is 3. The smallest absolute Gasteiger partial charge is 0.223 e. The van der Waals surface area contributed by atoms with Crippen molar-refractivity contribution in [2.45, 2.75) is 66.8 Å². The van der Waals surface area contributed by atoms with E-state index >= 15 is 0 Å². The van der Waals surface area contributed by atoms with Gasteiger partial charge in [-0.25, -0.2) is 19.9 Å². The van der Waals surface area contributed by atoms with Crippen molar-refractivity contribution in [3.8, 4) is 0 Å². The second-order valence-corrected chi connectivity index (χ2v) is 8.18. The number of rotatable bonds is 7. The van der Waals surface area contributed by atoms with Crippen LogP contribution in [-0.2, 0) is 12.8 Å². The third kappa shape index (κ3) is 4.64. The van der Waals surface area contributed by atoms with E-state index in [-0.39, 0.29) is 1.43 Å². The fourth-order valence-corrected chi connectivity index (χ4v) is 3.31. The van der Waals surface area contributed by atoms with E-state index in [1.807, 2.05) is 12.4 Å². The highest BCUT2D eigenvalue weighted by Gasteiger charge is 2.20. The lowest BCUT2D eigenvalue weighted by atomic mass is 9.98. The lowest BCUT2D eigenvalue weighted by Crippen LogP contribution is -2.13. The fourth-order valence-electron chi connectivity index (χ4n) is 3.31. The Balaban J connectivity index is 0.00000300. The molecule has 1 aliphatic carbocycles. The summed E-state index contributed by atoms with van der Waals surface area (Å²) >= 11 is 0. The highest BCUT2D eigenvalue weighted by molar-refractivity contribution is 5.86. The summed E-state index contributed by atoms with van der Waals surface area (Å²) in [5.74, 6) is 2.09. The van der Waals surface area contributed by atoms with Crippen molar-refractivity contribution in [1.82, 2.24) is 15.0 Å². The third-order valence-corrected chi connectivity index (χ3v) is 4.77. The second-order valence-electron chi connectivity index (χ2n) is 8.18. The number of hydrogen-bond acceptors (Lipinski definition) is 5. The first-order valence-electron chi connectivity index (χ1n) is 10.2. The van der Waals surface area contributed by atoms with Gasteiger partial charge in [-0.2, -0.15) is 0 Å². The largest absolute Gasteiger partial charge is 0.352 e. The molecule has 0 unspecified atom stereocenters. The Morgan fingerprint density at radius 2 is 2.00 bits per heavy atom. The molecule has 0 amide bonds. The van der Waals surface area contributed by atoms with Crippen LogP contribution in [0.15, 0.2) is 29.5 Å². The molecule has 150 valence electrons. The number of anilines is 1. The van der Waals surface area contributed by atoms with Crippen LogP contribution < -0.4 is 5.32 Å². The SMILES string of the molecule is CC/C(C)=N\c1ncc(C2=CCc3nc(NC(C)C)ncc32)cc1CC(C)C.[HH]. The molecule has 0 fully saturated rings. The number of pyridine rings is 1. The van der Waals surface area contributed by atoms with E-state index in [9.17, 15) is 0 Å². The lowest BCUT2D eigenvalue weighted by Gasteiger charge is -2.13. The van der Waals surface area contributed by atoms with Gasteiger partial charge in [0.15, 0.2) is 5.82 Å². The molecule has 0 spiro atoms. The van der Waals surface area contributed by atoms with Gasteiger partial charge >= 0.3 is 0 Å². The predicted molar refractivity (Wildman–Crippen MR) is 120 cm³/mol. The molecular formula is C23H33N5. The van der Waals surface area contributed by atoms with Gasteiger partial charge < -0.3 is 5.32 Å². The van der Waals surface area contributed by atoms with Crippen molar-refractivity contribution in [2.75, 3.05) is 5.32 Å². The second kappa shape index (κ2) is 8.63. The van der Waals surface area contributed by atoms with Crippen LogP contribution in [0.25, 0.3) is 5.57 Å². The summed E-state index contributed by atoms with van der Waals surface area (Å²) in [6.07, 6.45) is 8.83. The molecule has 0 saturated heterocycles. The number of allylic oxidation sites excluding steroid dienone is 1. The average Bonchev–Trinajstić information content (AvgIpc) is 3.05. The van der Waals surface area contributed by atoms with Gasteiger partial charge in [0.05, 0.1) is 5.69 Å². The van der Waals surface area contributed by atoms with Gasteiger partial charge in [-0.05, 0) is 56.7 Å². The normalized spacial score (nSPS) is 13.9. The maximum Gasteiger partial charge on any atom is 0.223 e. The van der Waals surface area contributed by atoms with Crippen LogP contribution in [0.1, 0.15) is 71.8 Å². The zero-order chi connectivity index (χ0) is 20.3. The maximum atomic E-state index is 4.73. The van der Waals surface area contributed by atoms with E-state index in [4.69, 9.17) is 15.0 Å².